The lowest BCUT2D eigenvalue weighted by Gasteiger charge is -2.35. The molecule has 0 aliphatic carbocycles. The van der Waals surface area contributed by atoms with Crippen LogP contribution in [0.5, 0.6) is 5.75 Å². The Kier molecular flexibility index (Phi) is 11.5. The first-order valence-corrected chi connectivity index (χ1v) is 15.3. The van der Waals surface area contributed by atoms with Crippen LogP contribution in [0, 0.1) is 0 Å². The summed E-state index contributed by atoms with van der Waals surface area (Å²) in [6.07, 6.45) is 2.99. The smallest absolute Gasteiger partial charge is 0.337 e. The highest BCUT2D eigenvalue weighted by atomic mass is 31.2. The summed E-state index contributed by atoms with van der Waals surface area (Å²) in [5.41, 5.74) is 0.899. The summed E-state index contributed by atoms with van der Waals surface area (Å²) in [6.45, 7) is 11.7. The zero-order valence-electron chi connectivity index (χ0n) is 20.7. The van der Waals surface area contributed by atoms with Crippen LogP contribution in [-0.4, -0.2) is 54.3 Å². The molecule has 0 aliphatic heterocycles. The molecule has 0 saturated heterocycles. The van der Waals surface area contributed by atoms with Crippen LogP contribution in [0.4, 0.5) is 0 Å². The van der Waals surface area contributed by atoms with Gasteiger partial charge in [-0.05, 0) is 42.2 Å². The van der Waals surface area contributed by atoms with Crippen molar-refractivity contribution in [2.45, 2.75) is 58.0 Å². The van der Waals surface area contributed by atoms with Crippen LogP contribution in [0.1, 0.15) is 32.8 Å². The van der Waals surface area contributed by atoms with Crippen molar-refractivity contribution >= 4 is 21.7 Å². The molecule has 9 heteroatoms. The average molecular weight is 487 g/mol. The predicted octanol–water partition coefficient (Wildman–Crippen LogP) is 5.60. The second-order valence-corrected chi connectivity index (χ2v) is 16.1. The molecule has 32 heavy (non-hydrogen) atoms. The van der Waals surface area contributed by atoms with E-state index in [0.29, 0.717) is 13.0 Å². The topological polar surface area (TPSA) is 80.3 Å². The van der Waals surface area contributed by atoms with Crippen LogP contribution in [0.15, 0.2) is 36.4 Å². The molecule has 0 bridgehead atoms. The Morgan fingerprint density at radius 2 is 1.66 bits per heavy atom. The largest absolute Gasteiger partial charge is 0.497 e. The molecule has 1 aromatic carbocycles. The van der Waals surface area contributed by atoms with E-state index in [9.17, 15) is 9.36 Å². The first-order valence-electron chi connectivity index (χ1n) is 10.6. The van der Waals surface area contributed by atoms with Gasteiger partial charge in [-0.2, -0.15) is 0 Å². The number of hydrogen-bond donors (Lipinski definition) is 0. The highest BCUT2D eigenvalue weighted by molar-refractivity contribution is 7.54. The van der Waals surface area contributed by atoms with Crippen molar-refractivity contribution in [2.24, 2.45) is 0 Å². The van der Waals surface area contributed by atoms with Crippen molar-refractivity contribution in [2.75, 3.05) is 34.1 Å². The van der Waals surface area contributed by atoms with E-state index in [0.717, 1.165) is 11.3 Å². The van der Waals surface area contributed by atoms with E-state index < -0.39 is 22.0 Å². The van der Waals surface area contributed by atoms with Gasteiger partial charge in [0.05, 0.1) is 20.3 Å². The molecule has 0 saturated carbocycles. The summed E-state index contributed by atoms with van der Waals surface area (Å²) in [6, 6.07) is 7.41. The SMILES string of the molecule is COc1ccc(CO[C@H](C/C=C/CO[Si](C)(C)C(C)(C)C)C(=O)CP(=O)(OC)OC)cc1. The highest BCUT2D eigenvalue weighted by Gasteiger charge is 2.36. The monoisotopic (exact) mass is 486 g/mol. The summed E-state index contributed by atoms with van der Waals surface area (Å²) >= 11 is 0. The molecule has 0 unspecified atom stereocenters. The third kappa shape index (κ3) is 9.30. The van der Waals surface area contributed by atoms with E-state index in [1.54, 1.807) is 7.11 Å². The predicted molar refractivity (Wildman–Crippen MR) is 130 cm³/mol. The number of carbonyl (C=O) groups excluding carboxylic acids is 1. The van der Waals surface area contributed by atoms with Gasteiger partial charge in [0.1, 0.15) is 18.0 Å². The average Bonchev–Trinajstić information content (AvgIpc) is 2.74. The number of hydrogen-bond acceptors (Lipinski definition) is 7. The lowest BCUT2D eigenvalue weighted by molar-refractivity contribution is -0.128. The molecule has 0 heterocycles. The quantitative estimate of drug-likeness (QED) is 0.192. The van der Waals surface area contributed by atoms with Crippen molar-refractivity contribution in [1.29, 1.82) is 0 Å². The molecular weight excluding hydrogens is 447 g/mol. The lowest BCUT2D eigenvalue weighted by Crippen LogP contribution is -2.40. The lowest BCUT2D eigenvalue weighted by atomic mass is 10.1. The van der Waals surface area contributed by atoms with E-state index in [1.165, 1.54) is 14.2 Å². The van der Waals surface area contributed by atoms with E-state index in [1.807, 2.05) is 36.4 Å². The van der Waals surface area contributed by atoms with Crippen LogP contribution >= 0.6 is 7.60 Å². The molecule has 0 aliphatic rings. The summed E-state index contributed by atoms with van der Waals surface area (Å²) in [5.74, 6) is 0.410. The Morgan fingerprint density at radius 3 is 2.16 bits per heavy atom. The van der Waals surface area contributed by atoms with Crippen LogP contribution in [0.2, 0.25) is 18.1 Å². The number of Topliss-reactive ketones (excluding diaryl/α,β-unsaturated/α-hetero) is 1. The standard InChI is InChI=1S/C23H39O7PSi/c1-23(2,3)32(7,8)30-16-10-9-11-22(21(24)18-31(25,27-5)28-6)29-17-19-12-14-20(26-4)15-13-19/h9-10,12-15,22H,11,16-18H2,1-8H3/b10-9+/t22-/m1/s1. The van der Waals surface area contributed by atoms with Crippen molar-refractivity contribution in [3.63, 3.8) is 0 Å². The third-order valence-corrected chi connectivity index (χ3v) is 12.1. The van der Waals surface area contributed by atoms with Gasteiger partial charge in [-0.15, -0.1) is 0 Å². The van der Waals surface area contributed by atoms with E-state index in [-0.39, 0.29) is 23.6 Å². The Balaban J connectivity index is 2.80. The second-order valence-electron chi connectivity index (χ2n) is 9.03. The van der Waals surface area contributed by atoms with E-state index in [4.69, 9.17) is 22.9 Å². The van der Waals surface area contributed by atoms with Crippen LogP contribution in [0.3, 0.4) is 0 Å². The normalized spacial score (nSPS) is 14.0. The fourth-order valence-corrected chi connectivity index (χ4v) is 4.41. The summed E-state index contributed by atoms with van der Waals surface area (Å²) in [7, 11) is -1.18. The second kappa shape index (κ2) is 12.8. The fraction of sp³-hybridized carbons (Fsp3) is 0.609. The van der Waals surface area contributed by atoms with Crippen molar-refractivity contribution < 1.29 is 32.3 Å². The molecule has 182 valence electrons. The highest BCUT2D eigenvalue weighted by Crippen LogP contribution is 2.46. The maximum absolute atomic E-state index is 12.8. The molecule has 0 aromatic heterocycles. The van der Waals surface area contributed by atoms with Gasteiger partial charge in [0.2, 0.25) is 0 Å². The molecule has 1 aromatic rings. The number of methoxy groups -OCH3 is 1. The first kappa shape index (κ1) is 28.7. The molecule has 0 amide bonds. The van der Waals surface area contributed by atoms with Crippen LogP contribution in [0.25, 0.3) is 0 Å². The number of ether oxygens (including phenoxy) is 2. The van der Waals surface area contributed by atoms with Gasteiger partial charge in [-0.1, -0.05) is 45.1 Å². The third-order valence-electron chi connectivity index (χ3n) is 5.74. The number of rotatable bonds is 14. The van der Waals surface area contributed by atoms with Crippen molar-refractivity contribution in [3.8, 4) is 5.75 Å². The molecular formula is C23H39O7PSi. The summed E-state index contributed by atoms with van der Waals surface area (Å²) < 4.78 is 39.4. The Bertz CT molecular complexity index is 777. The number of carbonyl (C=O) groups is 1. The van der Waals surface area contributed by atoms with Gasteiger partial charge in [0.15, 0.2) is 14.1 Å². The molecule has 0 N–H and O–H groups in total. The van der Waals surface area contributed by atoms with Gasteiger partial charge < -0.3 is 22.9 Å². The van der Waals surface area contributed by atoms with Crippen LogP contribution < -0.4 is 4.74 Å². The van der Waals surface area contributed by atoms with Gasteiger partial charge in [0, 0.05) is 14.2 Å². The van der Waals surface area contributed by atoms with Gasteiger partial charge in [-0.25, -0.2) is 0 Å². The number of ketones is 1. The Hall–Kier alpha value is -1.28. The molecule has 0 radical (unpaired) electrons. The Labute approximate surface area is 194 Å². The Morgan fingerprint density at radius 1 is 1.06 bits per heavy atom. The van der Waals surface area contributed by atoms with Crippen LogP contribution in [-0.2, 0) is 34.2 Å². The van der Waals surface area contributed by atoms with Gasteiger partial charge in [0.25, 0.3) is 0 Å². The summed E-state index contributed by atoms with van der Waals surface area (Å²) in [4.78, 5) is 12.8. The molecule has 0 spiro atoms. The fourth-order valence-electron chi connectivity index (χ4n) is 2.47. The maximum Gasteiger partial charge on any atom is 0.337 e. The molecule has 7 nitrogen and oxygen atoms in total. The van der Waals surface area contributed by atoms with Crippen molar-refractivity contribution in [3.05, 3.63) is 42.0 Å². The minimum Gasteiger partial charge on any atom is -0.497 e. The molecule has 0 fully saturated rings. The zero-order chi connectivity index (χ0) is 24.4. The molecule has 1 rings (SSSR count). The molecule has 1 atom stereocenters. The minimum absolute atomic E-state index is 0.127. The number of benzene rings is 1. The van der Waals surface area contributed by atoms with Gasteiger partial charge in [-0.3, -0.25) is 9.36 Å². The van der Waals surface area contributed by atoms with Gasteiger partial charge >= 0.3 is 7.60 Å². The summed E-state index contributed by atoms with van der Waals surface area (Å²) in [5, 5.41) is 0.127. The van der Waals surface area contributed by atoms with Crippen molar-refractivity contribution in [1.82, 2.24) is 0 Å². The maximum atomic E-state index is 12.8. The first-order chi connectivity index (χ1) is 14.9. The zero-order valence-corrected chi connectivity index (χ0v) is 22.6. The van der Waals surface area contributed by atoms with E-state index in [2.05, 4.69) is 33.9 Å². The van der Waals surface area contributed by atoms with E-state index >= 15 is 0 Å². The minimum atomic E-state index is -3.47.